The molecule has 1 saturated carbocycles. The monoisotopic (exact) mass is 274 g/mol. The van der Waals surface area contributed by atoms with Crippen LogP contribution < -0.4 is 10.6 Å². The molecule has 3 nitrogen and oxygen atoms in total. The van der Waals surface area contributed by atoms with Crippen molar-refractivity contribution in [2.24, 2.45) is 11.3 Å². The third-order valence-corrected chi connectivity index (χ3v) is 4.32. The summed E-state index contributed by atoms with van der Waals surface area (Å²) in [4.78, 5) is 11.6. The Kier molecular flexibility index (Phi) is 4.36. The number of likely N-dealkylation sites (N-methyl/N-ethyl adjacent to an activating group) is 1. The quantitative estimate of drug-likeness (QED) is 0.885. The normalized spacial score (nSPS) is 24.4. The van der Waals surface area contributed by atoms with Crippen molar-refractivity contribution in [2.45, 2.75) is 46.1 Å². The van der Waals surface area contributed by atoms with E-state index >= 15 is 0 Å². The standard InChI is InChI=1S/C17H26N2O/c1-12-10-17(2,3)11-15(12)19-14-8-6-5-7-13(14)9-16(20)18-4/h5-8,12,15,19H,9-11H2,1-4H3,(H,18,20). The Morgan fingerprint density at radius 1 is 1.30 bits per heavy atom. The van der Waals surface area contributed by atoms with E-state index in [0.717, 1.165) is 11.3 Å². The van der Waals surface area contributed by atoms with E-state index in [9.17, 15) is 4.79 Å². The molecule has 2 rings (SSSR count). The maximum atomic E-state index is 11.6. The van der Waals surface area contributed by atoms with Crippen LogP contribution in [0.3, 0.4) is 0 Å². The van der Waals surface area contributed by atoms with Crippen molar-refractivity contribution < 1.29 is 4.79 Å². The number of benzene rings is 1. The minimum Gasteiger partial charge on any atom is -0.382 e. The molecule has 2 N–H and O–H groups in total. The van der Waals surface area contributed by atoms with E-state index in [-0.39, 0.29) is 5.91 Å². The number of hydrogen-bond donors (Lipinski definition) is 2. The lowest BCUT2D eigenvalue weighted by molar-refractivity contribution is -0.119. The highest BCUT2D eigenvalue weighted by atomic mass is 16.1. The van der Waals surface area contributed by atoms with Crippen LogP contribution in [0.2, 0.25) is 0 Å². The summed E-state index contributed by atoms with van der Waals surface area (Å²) >= 11 is 0. The van der Waals surface area contributed by atoms with Crippen LogP contribution >= 0.6 is 0 Å². The van der Waals surface area contributed by atoms with Gasteiger partial charge in [0.15, 0.2) is 0 Å². The van der Waals surface area contributed by atoms with Gasteiger partial charge in [-0.1, -0.05) is 39.0 Å². The van der Waals surface area contributed by atoms with Gasteiger partial charge in [0.1, 0.15) is 0 Å². The minimum absolute atomic E-state index is 0.0547. The number of amides is 1. The van der Waals surface area contributed by atoms with Gasteiger partial charge in [-0.3, -0.25) is 4.79 Å². The first-order valence-corrected chi connectivity index (χ1v) is 7.46. The molecule has 20 heavy (non-hydrogen) atoms. The summed E-state index contributed by atoms with van der Waals surface area (Å²) in [5.74, 6) is 0.720. The van der Waals surface area contributed by atoms with Crippen LogP contribution in [0.4, 0.5) is 5.69 Å². The zero-order chi connectivity index (χ0) is 14.8. The summed E-state index contributed by atoms with van der Waals surface area (Å²) in [6.45, 7) is 6.98. The van der Waals surface area contributed by atoms with E-state index < -0.39 is 0 Å². The minimum atomic E-state index is 0.0547. The van der Waals surface area contributed by atoms with Crippen molar-refractivity contribution in [1.82, 2.24) is 5.32 Å². The van der Waals surface area contributed by atoms with Gasteiger partial charge in [0.05, 0.1) is 6.42 Å². The molecule has 110 valence electrons. The largest absolute Gasteiger partial charge is 0.382 e. The predicted molar refractivity (Wildman–Crippen MR) is 83.8 cm³/mol. The van der Waals surface area contributed by atoms with E-state index in [4.69, 9.17) is 0 Å². The van der Waals surface area contributed by atoms with Gasteiger partial charge in [-0.15, -0.1) is 0 Å². The second-order valence-corrected chi connectivity index (χ2v) is 6.81. The molecule has 0 aromatic heterocycles. The zero-order valence-corrected chi connectivity index (χ0v) is 13.0. The lowest BCUT2D eigenvalue weighted by Crippen LogP contribution is -2.25. The Labute approximate surface area is 122 Å². The molecule has 1 aliphatic carbocycles. The first-order chi connectivity index (χ1) is 9.41. The molecule has 0 radical (unpaired) electrons. The lowest BCUT2D eigenvalue weighted by atomic mass is 9.91. The molecular formula is C17H26N2O. The Morgan fingerprint density at radius 3 is 2.60 bits per heavy atom. The van der Waals surface area contributed by atoms with Crippen LogP contribution in [0.15, 0.2) is 24.3 Å². The molecule has 2 atom stereocenters. The van der Waals surface area contributed by atoms with Gasteiger partial charge in [0, 0.05) is 18.8 Å². The summed E-state index contributed by atoms with van der Waals surface area (Å²) in [7, 11) is 1.68. The fraction of sp³-hybridized carbons (Fsp3) is 0.588. The fourth-order valence-corrected chi connectivity index (χ4v) is 3.36. The Balaban J connectivity index is 2.11. The highest BCUT2D eigenvalue weighted by Gasteiger charge is 2.36. The SMILES string of the molecule is CNC(=O)Cc1ccccc1NC1CC(C)(C)CC1C. The summed E-state index contributed by atoms with van der Waals surface area (Å²) in [5, 5.41) is 6.35. The molecule has 0 aliphatic heterocycles. The molecule has 1 amide bonds. The molecule has 1 aliphatic rings. The molecule has 3 heteroatoms. The Hall–Kier alpha value is -1.51. The average Bonchev–Trinajstić information content (AvgIpc) is 2.64. The van der Waals surface area contributed by atoms with Crippen LogP contribution in [0.1, 0.15) is 39.2 Å². The van der Waals surface area contributed by atoms with E-state index in [1.54, 1.807) is 7.05 Å². The lowest BCUT2D eigenvalue weighted by Gasteiger charge is -2.21. The summed E-state index contributed by atoms with van der Waals surface area (Å²) in [6, 6.07) is 8.63. The van der Waals surface area contributed by atoms with E-state index in [1.807, 2.05) is 18.2 Å². The highest BCUT2D eigenvalue weighted by Crippen LogP contribution is 2.42. The van der Waals surface area contributed by atoms with Gasteiger partial charge < -0.3 is 10.6 Å². The number of anilines is 1. The highest BCUT2D eigenvalue weighted by molar-refractivity contribution is 5.80. The molecule has 1 aromatic carbocycles. The topological polar surface area (TPSA) is 41.1 Å². The summed E-state index contributed by atoms with van der Waals surface area (Å²) in [5.41, 5.74) is 2.58. The average molecular weight is 274 g/mol. The number of carbonyl (C=O) groups is 1. The van der Waals surface area contributed by atoms with Crippen molar-refractivity contribution in [2.75, 3.05) is 12.4 Å². The molecule has 0 heterocycles. The molecule has 2 unspecified atom stereocenters. The predicted octanol–water partition coefficient (Wildman–Crippen LogP) is 3.21. The van der Waals surface area contributed by atoms with E-state index in [0.29, 0.717) is 23.8 Å². The summed E-state index contributed by atoms with van der Waals surface area (Å²) in [6.07, 6.45) is 2.87. The van der Waals surface area contributed by atoms with Crippen LogP contribution in [0.25, 0.3) is 0 Å². The van der Waals surface area contributed by atoms with Gasteiger partial charge in [-0.25, -0.2) is 0 Å². The molecular weight excluding hydrogens is 248 g/mol. The Bertz CT molecular complexity index is 482. The number of nitrogens with one attached hydrogen (secondary N) is 2. The van der Waals surface area contributed by atoms with E-state index in [1.165, 1.54) is 12.8 Å². The zero-order valence-electron chi connectivity index (χ0n) is 13.0. The third kappa shape index (κ3) is 3.53. The molecule has 0 bridgehead atoms. The molecule has 1 aromatic rings. The molecule has 1 fully saturated rings. The third-order valence-electron chi connectivity index (χ3n) is 4.32. The van der Waals surface area contributed by atoms with Crippen LogP contribution in [-0.2, 0) is 11.2 Å². The van der Waals surface area contributed by atoms with Crippen molar-refractivity contribution in [1.29, 1.82) is 0 Å². The summed E-state index contributed by atoms with van der Waals surface area (Å²) < 4.78 is 0. The number of rotatable bonds is 4. The first kappa shape index (κ1) is 14.9. The van der Waals surface area contributed by atoms with Crippen LogP contribution in [-0.4, -0.2) is 19.0 Å². The number of carbonyl (C=O) groups excluding carboxylic acids is 1. The van der Waals surface area contributed by atoms with Crippen LogP contribution in [0, 0.1) is 11.3 Å². The van der Waals surface area contributed by atoms with Crippen molar-refractivity contribution in [3.8, 4) is 0 Å². The van der Waals surface area contributed by atoms with Gasteiger partial charge in [0.2, 0.25) is 5.91 Å². The second kappa shape index (κ2) is 5.86. The van der Waals surface area contributed by atoms with Gasteiger partial charge >= 0.3 is 0 Å². The number of hydrogen-bond acceptors (Lipinski definition) is 2. The Morgan fingerprint density at radius 2 is 2.00 bits per heavy atom. The number of para-hydroxylation sites is 1. The van der Waals surface area contributed by atoms with Crippen molar-refractivity contribution >= 4 is 11.6 Å². The maximum Gasteiger partial charge on any atom is 0.224 e. The van der Waals surface area contributed by atoms with Crippen molar-refractivity contribution in [3.05, 3.63) is 29.8 Å². The fourth-order valence-electron chi connectivity index (χ4n) is 3.36. The molecule has 0 spiro atoms. The van der Waals surface area contributed by atoms with Crippen molar-refractivity contribution in [3.63, 3.8) is 0 Å². The van der Waals surface area contributed by atoms with Gasteiger partial charge in [-0.05, 0) is 35.8 Å². The van der Waals surface area contributed by atoms with Gasteiger partial charge in [-0.2, -0.15) is 0 Å². The van der Waals surface area contributed by atoms with Crippen LogP contribution in [0.5, 0.6) is 0 Å². The first-order valence-electron chi connectivity index (χ1n) is 7.46. The maximum absolute atomic E-state index is 11.6. The van der Waals surface area contributed by atoms with E-state index in [2.05, 4.69) is 37.5 Å². The van der Waals surface area contributed by atoms with Gasteiger partial charge in [0.25, 0.3) is 0 Å². The second-order valence-electron chi connectivity index (χ2n) is 6.81. The molecule has 0 saturated heterocycles. The smallest absolute Gasteiger partial charge is 0.224 e.